The van der Waals surface area contributed by atoms with Crippen LogP contribution in [-0.4, -0.2) is 23.0 Å². The second-order valence-electron chi connectivity index (χ2n) is 3.38. The quantitative estimate of drug-likeness (QED) is 0.540. The summed E-state index contributed by atoms with van der Waals surface area (Å²) >= 11 is 0. The zero-order valence-corrected chi connectivity index (χ0v) is 8.73. The van der Waals surface area contributed by atoms with E-state index >= 15 is 0 Å². The number of anilines is 2. The Morgan fingerprint density at radius 1 is 1.31 bits per heavy atom. The van der Waals surface area contributed by atoms with Crippen molar-refractivity contribution in [3.63, 3.8) is 0 Å². The Hall–Kier alpha value is -2.24. The number of carbonyl (C=O) groups excluding carboxylic acids is 1. The fourth-order valence-electron chi connectivity index (χ4n) is 1.06. The van der Waals surface area contributed by atoms with E-state index in [1.807, 2.05) is 0 Å². The number of nitrogen functional groups attached to an aromatic ring is 2. The summed E-state index contributed by atoms with van der Waals surface area (Å²) in [6.45, 7) is 1.38. The van der Waals surface area contributed by atoms with Crippen molar-refractivity contribution in [3.05, 3.63) is 23.8 Å². The summed E-state index contributed by atoms with van der Waals surface area (Å²) in [6.07, 6.45) is 0. The molecule has 0 aromatic heterocycles. The van der Waals surface area contributed by atoms with Gasteiger partial charge in [-0.1, -0.05) is 0 Å². The number of amides is 1. The summed E-state index contributed by atoms with van der Waals surface area (Å²) in [5.74, 6) is -1.60. The van der Waals surface area contributed by atoms with Crippen molar-refractivity contribution >= 4 is 23.3 Å². The van der Waals surface area contributed by atoms with Gasteiger partial charge in [-0.25, -0.2) is 0 Å². The van der Waals surface area contributed by atoms with Crippen LogP contribution in [-0.2, 0) is 4.79 Å². The van der Waals surface area contributed by atoms with E-state index in [4.69, 9.17) is 16.6 Å². The van der Waals surface area contributed by atoms with Gasteiger partial charge in [-0.15, -0.1) is 0 Å². The molecule has 1 aromatic rings. The van der Waals surface area contributed by atoms with Crippen molar-refractivity contribution in [2.75, 3.05) is 11.5 Å². The smallest absolute Gasteiger partial charge is 0.325 e. The molecule has 0 spiro atoms. The first-order valence-electron chi connectivity index (χ1n) is 4.60. The maximum absolute atomic E-state index is 11.6. The summed E-state index contributed by atoms with van der Waals surface area (Å²) in [5.41, 5.74) is 12.0. The van der Waals surface area contributed by atoms with E-state index in [-0.39, 0.29) is 11.3 Å². The van der Waals surface area contributed by atoms with Crippen molar-refractivity contribution in [1.29, 1.82) is 0 Å². The predicted octanol–water partition coefficient (Wildman–Crippen LogP) is 0.0539. The number of nitrogens with two attached hydrogens (primary N) is 2. The van der Waals surface area contributed by atoms with Gasteiger partial charge in [0.25, 0.3) is 5.91 Å². The fraction of sp³-hybridized carbons (Fsp3) is 0.200. The van der Waals surface area contributed by atoms with Gasteiger partial charge in [-0.2, -0.15) is 0 Å². The molecule has 0 unspecified atom stereocenters. The Bertz CT molecular complexity index is 431. The molecule has 0 aliphatic carbocycles. The molecule has 6 heteroatoms. The Labute approximate surface area is 92.2 Å². The van der Waals surface area contributed by atoms with Crippen LogP contribution >= 0.6 is 0 Å². The average molecular weight is 223 g/mol. The maximum atomic E-state index is 11.6. The molecule has 6 N–H and O–H groups in total. The third-order valence-corrected chi connectivity index (χ3v) is 2.07. The third-order valence-electron chi connectivity index (χ3n) is 2.07. The van der Waals surface area contributed by atoms with E-state index in [1.54, 1.807) is 0 Å². The van der Waals surface area contributed by atoms with E-state index in [9.17, 15) is 9.59 Å². The second-order valence-corrected chi connectivity index (χ2v) is 3.38. The molecule has 6 nitrogen and oxygen atoms in total. The summed E-state index contributed by atoms with van der Waals surface area (Å²) < 4.78 is 0. The zero-order chi connectivity index (χ0) is 12.3. The topological polar surface area (TPSA) is 118 Å². The molecule has 1 amide bonds. The Balaban J connectivity index is 2.81. The molecule has 1 atom stereocenters. The van der Waals surface area contributed by atoms with E-state index in [1.165, 1.54) is 25.1 Å². The first kappa shape index (κ1) is 11.8. The van der Waals surface area contributed by atoms with Crippen LogP contribution in [0.3, 0.4) is 0 Å². The molecule has 0 saturated carbocycles. The molecule has 0 fully saturated rings. The van der Waals surface area contributed by atoms with Crippen LogP contribution in [0.5, 0.6) is 0 Å². The van der Waals surface area contributed by atoms with E-state index in [0.29, 0.717) is 5.69 Å². The van der Waals surface area contributed by atoms with Crippen molar-refractivity contribution < 1.29 is 14.7 Å². The largest absolute Gasteiger partial charge is 0.480 e. The van der Waals surface area contributed by atoms with Crippen molar-refractivity contribution in [2.24, 2.45) is 0 Å². The minimum absolute atomic E-state index is 0.278. The number of hydrogen-bond donors (Lipinski definition) is 4. The van der Waals surface area contributed by atoms with Crippen molar-refractivity contribution in [2.45, 2.75) is 13.0 Å². The summed E-state index contributed by atoms with van der Waals surface area (Å²) in [6, 6.07) is 3.43. The molecule has 0 radical (unpaired) electrons. The van der Waals surface area contributed by atoms with Gasteiger partial charge < -0.3 is 21.9 Å². The standard InChI is InChI=1S/C10H13N3O3/c1-5(10(15)16)13-9(14)6-2-3-7(11)8(12)4-6/h2-5H,11-12H2,1H3,(H,13,14)(H,15,16)/t5-/m0/s1. The number of carboxylic acids is 1. The number of aliphatic carboxylic acids is 1. The molecule has 0 aliphatic heterocycles. The minimum atomic E-state index is -1.10. The lowest BCUT2D eigenvalue weighted by Gasteiger charge is -2.10. The van der Waals surface area contributed by atoms with E-state index < -0.39 is 17.9 Å². The van der Waals surface area contributed by atoms with Gasteiger partial charge >= 0.3 is 5.97 Å². The van der Waals surface area contributed by atoms with E-state index in [0.717, 1.165) is 0 Å². The van der Waals surface area contributed by atoms with Gasteiger partial charge in [-0.3, -0.25) is 9.59 Å². The molecule has 0 aliphatic rings. The molecule has 0 bridgehead atoms. The monoisotopic (exact) mass is 223 g/mol. The van der Waals surface area contributed by atoms with Crippen LogP contribution in [0.2, 0.25) is 0 Å². The Morgan fingerprint density at radius 2 is 1.94 bits per heavy atom. The van der Waals surface area contributed by atoms with Gasteiger partial charge in [-0.05, 0) is 25.1 Å². The molecular formula is C10H13N3O3. The first-order chi connectivity index (χ1) is 7.41. The van der Waals surface area contributed by atoms with Crippen molar-refractivity contribution in [3.8, 4) is 0 Å². The van der Waals surface area contributed by atoms with Crippen LogP contribution in [0.4, 0.5) is 11.4 Å². The fourth-order valence-corrected chi connectivity index (χ4v) is 1.06. The lowest BCUT2D eigenvalue weighted by atomic mass is 10.1. The number of rotatable bonds is 3. The Morgan fingerprint density at radius 3 is 2.44 bits per heavy atom. The molecular weight excluding hydrogens is 210 g/mol. The highest BCUT2D eigenvalue weighted by molar-refractivity contribution is 5.97. The van der Waals surface area contributed by atoms with Gasteiger partial charge in [0.05, 0.1) is 11.4 Å². The second kappa shape index (κ2) is 4.52. The normalized spacial score (nSPS) is 11.8. The predicted molar refractivity (Wildman–Crippen MR) is 59.8 cm³/mol. The lowest BCUT2D eigenvalue weighted by Crippen LogP contribution is -2.38. The number of carbonyl (C=O) groups is 2. The molecule has 0 saturated heterocycles. The van der Waals surface area contributed by atoms with Gasteiger partial charge in [0.2, 0.25) is 0 Å². The van der Waals surface area contributed by atoms with Gasteiger partial charge in [0, 0.05) is 5.56 Å². The van der Waals surface area contributed by atoms with Gasteiger partial charge in [0.15, 0.2) is 0 Å². The lowest BCUT2D eigenvalue weighted by molar-refractivity contribution is -0.138. The highest BCUT2D eigenvalue weighted by Crippen LogP contribution is 2.15. The third kappa shape index (κ3) is 2.63. The molecule has 0 heterocycles. The number of carboxylic acid groups (broad SMARTS) is 1. The highest BCUT2D eigenvalue weighted by Gasteiger charge is 2.15. The highest BCUT2D eigenvalue weighted by atomic mass is 16.4. The Kier molecular flexibility index (Phi) is 3.34. The SMILES string of the molecule is C[C@H](NC(=O)c1ccc(N)c(N)c1)C(=O)O. The van der Waals surface area contributed by atoms with Crippen LogP contribution < -0.4 is 16.8 Å². The van der Waals surface area contributed by atoms with Gasteiger partial charge in [0.1, 0.15) is 6.04 Å². The average Bonchev–Trinajstić information content (AvgIpc) is 2.21. The first-order valence-corrected chi connectivity index (χ1v) is 4.60. The van der Waals surface area contributed by atoms with Crippen LogP contribution in [0.1, 0.15) is 17.3 Å². The minimum Gasteiger partial charge on any atom is -0.480 e. The molecule has 16 heavy (non-hydrogen) atoms. The zero-order valence-electron chi connectivity index (χ0n) is 8.73. The molecule has 1 aromatic carbocycles. The molecule has 86 valence electrons. The summed E-state index contributed by atoms with van der Waals surface area (Å²) in [4.78, 5) is 22.1. The number of nitrogens with one attached hydrogen (secondary N) is 1. The van der Waals surface area contributed by atoms with Crippen LogP contribution in [0.25, 0.3) is 0 Å². The summed E-state index contributed by atoms with van der Waals surface area (Å²) in [7, 11) is 0. The van der Waals surface area contributed by atoms with Crippen molar-refractivity contribution in [1.82, 2.24) is 5.32 Å². The van der Waals surface area contributed by atoms with E-state index in [2.05, 4.69) is 5.32 Å². The van der Waals surface area contributed by atoms with Crippen LogP contribution in [0.15, 0.2) is 18.2 Å². The molecule has 1 rings (SSSR count). The van der Waals surface area contributed by atoms with Crippen LogP contribution in [0, 0.1) is 0 Å². The summed E-state index contributed by atoms with van der Waals surface area (Å²) in [5, 5.41) is 10.9. The number of hydrogen-bond acceptors (Lipinski definition) is 4. The number of benzene rings is 1. The maximum Gasteiger partial charge on any atom is 0.325 e.